The zero-order chi connectivity index (χ0) is 15.5. The van der Waals surface area contributed by atoms with Gasteiger partial charge in [-0.3, -0.25) is 9.59 Å². The lowest BCUT2D eigenvalue weighted by Gasteiger charge is -2.18. The Morgan fingerprint density at radius 1 is 1.27 bits per heavy atom. The predicted molar refractivity (Wildman–Crippen MR) is 78.1 cm³/mol. The van der Waals surface area contributed by atoms with Gasteiger partial charge in [-0.05, 0) is 35.9 Å². The number of halogens is 1. The Morgan fingerprint density at radius 3 is 2.95 bits per heavy atom. The van der Waals surface area contributed by atoms with E-state index in [1.807, 2.05) is 0 Å². The van der Waals surface area contributed by atoms with Gasteiger partial charge in [-0.1, -0.05) is 12.1 Å². The van der Waals surface area contributed by atoms with Crippen LogP contribution in [0.5, 0.6) is 5.75 Å². The van der Waals surface area contributed by atoms with Crippen molar-refractivity contribution >= 4 is 17.5 Å². The maximum atomic E-state index is 13.1. The van der Waals surface area contributed by atoms with E-state index in [-0.39, 0.29) is 30.5 Å². The average molecular weight is 300 g/mol. The van der Waals surface area contributed by atoms with Crippen molar-refractivity contribution in [2.24, 2.45) is 0 Å². The lowest BCUT2D eigenvalue weighted by Crippen LogP contribution is -2.26. The third kappa shape index (κ3) is 3.06. The molecule has 1 heterocycles. The summed E-state index contributed by atoms with van der Waals surface area (Å²) in [7, 11) is 0. The molecule has 2 amide bonds. The van der Waals surface area contributed by atoms with Gasteiger partial charge in [-0.2, -0.15) is 0 Å². The summed E-state index contributed by atoms with van der Waals surface area (Å²) in [6.07, 6.45) is 0. The van der Waals surface area contributed by atoms with Crippen LogP contribution in [0.15, 0.2) is 42.5 Å². The quantitative estimate of drug-likeness (QED) is 0.912. The Morgan fingerprint density at radius 2 is 2.14 bits per heavy atom. The van der Waals surface area contributed by atoms with Crippen molar-refractivity contribution in [3.05, 3.63) is 59.4 Å². The van der Waals surface area contributed by atoms with E-state index in [4.69, 9.17) is 4.74 Å². The van der Waals surface area contributed by atoms with Gasteiger partial charge in [0.25, 0.3) is 11.8 Å². The Labute approximate surface area is 126 Å². The molecular weight excluding hydrogens is 287 g/mol. The van der Waals surface area contributed by atoms with Crippen LogP contribution >= 0.6 is 0 Å². The number of carbonyl (C=O) groups excluding carboxylic acids is 2. The summed E-state index contributed by atoms with van der Waals surface area (Å²) >= 11 is 0. The summed E-state index contributed by atoms with van der Waals surface area (Å²) in [5, 5.41) is 5.40. The van der Waals surface area contributed by atoms with Crippen molar-refractivity contribution in [3.8, 4) is 5.75 Å². The minimum absolute atomic E-state index is 0.00263. The Bertz CT molecular complexity index is 746. The molecule has 0 radical (unpaired) electrons. The third-order valence-electron chi connectivity index (χ3n) is 3.22. The molecule has 0 saturated carbocycles. The van der Waals surface area contributed by atoms with Crippen LogP contribution in [0.25, 0.3) is 0 Å². The predicted octanol–water partition coefficient (Wildman–Crippen LogP) is 2.09. The second-order valence-corrected chi connectivity index (χ2v) is 4.86. The van der Waals surface area contributed by atoms with Crippen molar-refractivity contribution in [1.82, 2.24) is 5.32 Å². The topological polar surface area (TPSA) is 67.4 Å². The number of rotatable bonds is 3. The highest BCUT2D eigenvalue weighted by Crippen LogP contribution is 2.28. The van der Waals surface area contributed by atoms with E-state index in [1.165, 1.54) is 18.2 Å². The molecule has 0 spiro atoms. The van der Waals surface area contributed by atoms with Crippen molar-refractivity contribution in [3.63, 3.8) is 0 Å². The molecule has 22 heavy (non-hydrogen) atoms. The molecule has 1 aliphatic rings. The molecule has 0 unspecified atom stereocenters. The zero-order valence-electron chi connectivity index (χ0n) is 11.6. The van der Waals surface area contributed by atoms with Crippen LogP contribution in [0, 0.1) is 5.82 Å². The summed E-state index contributed by atoms with van der Waals surface area (Å²) in [5.74, 6) is -0.438. The van der Waals surface area contributed by atoms with Gasteiger partial charge in [-0.25, -0.2) is 4.39 Å². The van der Waals surface area contributed by atoms with E-state index in [0.717, 1.165) is 5.56 Å². The second kappa shape index (κ2) is 5.85. The number of ether oxygens (including phenoxy) is 1. The number of nitrogens with one attached hydrogen (secondary N) is 2. The summed E-state index contributed by atoms with van der Waals surface area (Å²) in [5.41, 5.74) is 1.64. The Hall–Kier alpha value is -2.89. The fraction of sp³-hybridized carbons (Fsp3) is 0.125. The van der Waals surface area contributed by atoms with Crippen molar-refractivity contribution in [1.29, 1.82) is 0 Å². The van der Waals surface area contributed by atoms with Crippen molar-refractivity contribution < 1.29 is 18.7 Å². The van der Waals surface area contributed by atoms with Crippen LogP contribution in [-0.2, 0) is 11.3 Å². The maximum absolute atomic E-state index is 13.1. The molecule has 2 aromatic carbocycles. The first-order chi connectivity index (χ1) is 10.6. The van der Waals surface area contributed by atoms with Gasteiger partial charge in [0.1, 0.15) is 11.6 Å². The number of hydrogen-bond acceptors (Lipinski definition) is 3. The van der Waals surface area contributed by atoms with Crippen LogP contribution in [0.1, 0.15) is 15.9 Å². The van der Waals surface area contributed by atoms with Gasteiger partial charge in [-0.15, -0.1) is 0 Å². The van der Waals surface area contributed by atoms with Crippen LogP contribution < -0.4 is 15.4 Å². The van der Waals surface area contributed by atoms with Gasteiger partial charge < -0.3 is 15.4 Å². The first-order valence-corrected chi connectivity index (χ1v) is 6.71. The summed E-state index contributed by atoms with van der Waals surface area (Å²) in [6.45, 7) is 0.265. The lowest BCUT2D eigenvalue weighted by molar-refractivity contribution is -0.118. The number of carbonyl (C=O) groups is 2. The molecule has 112 valence electrons. The van der Waals surface area contributed by atoms with Gasteiger partial charge in [0, 0.05) is 12.1 Å². The normalized spacial score (nSPS) is 12.9. The first kappa shape index (κ1) is 14.1. The Kier molecular flexibility index (Phi) is 3.74. The van der Waals surface area contributed by atoms with Gasteiger partial charge >= 0.3 is 0 Å². The van der Waals surface area contributed by atoms with E-state index in [0.29, 0.717) is 11.4 Å². The summed E-state index contributed by atoms with van der Waals surface area (Å²) in [6, 6.07) is 10.7. The molecule has 0 fully saturated rings. The van der Waals surface area contributed by atoms with Gasteiger partial charge in [0.2, 0.25) is 0 Å². The molecule has 2 aromatic rings. The molecule has 6 heteroatoms. The molecular formula is C16H13FN2O3. The van der Waals surface area contributed by atoms with Gasteiger partial charge in [0.05, 0.1) is 5.69 Å². The molecule has 0 saturated heterocycles. The van der Waals surface area contributed by atoms with Crippen molar-refractivity contribution in [2.45, 2.75) is 6.54 Å². The average Bonchev–Trinajstić information content (AvgIpc) is 2.52. The first-order valence-electron chi connectivity index (χ1n) is 6.71. The molecule has 3 rings (SSSR count). The van der Waals surface area contributed by atoms with Crippen LogP contribution in [0.2, 0.25) is 0 Å². The largest absolute Gasteiger partial charge is 0.482 e. The molecule has 0 bridgehead atoms. The van der Waals surface area contributed by atoms with E-state index in [2.05, 4.69) is 10.6 Å². The molecule has 2 N–H and O–H groups in total. The Balaban J connectivity index is 1.68. The molecule has 1 aliphatic heterocycles. The maximum Gasteiger partial charge on any atom is 0.262 e. The monoisotopic (exact) mass is 300 g/mol. The molecule has 5 nitrogen and oxygen atoms in total. The van der Waals surface area contributed by atoms with E-state index < -0.39 is 5.82 Å². The highest BCUT2D eigenvalue weighted by molar-refractivity contribution is 5.95. The molecule has 0 atom stereocenters. The van der Waals surface area contributed by atoms with Crippen LogP contribution in [-0.4, -0.2) is 18.4 Å². The zero-order valence-corrected chi connectivity index (χ0v) is 11.6. The SMILES string of the molecule is O=C1COc2ccc(CNC(=O)c3cccc(F)c3)cc2N1. The molecule has 0 aliphatic carbocycles. The number of amides is 2. The minimum Gasteiger partial charge on any atom is -0.482 e. The number of hydrogen-bond donors (Lipinski definition) is 2. The fourth-order valence-corrected chi connectivity index (χ4v) is 2.15. The highest BCUT2D eigenvalue weighted by atomic mass is 19.1. The summed E-state index contributed by atoms with van der Waals surface area (Å²) in [4.78, 5) is 23.2. The van der Waals surface area contributed by atoms with E-state index in [1.54, 1.807) is 24.3 Å². The van der Waals surface area contributed by atoms with Crippen LogP contribution in [0.3, 0.4) is 0 Å². The number of fused-ring (bicyclic) bond motifs is 1. The smallest absolute Gasteiger partial charge is 0.262 e. The van der Waals surface area contributed by atoms with E-state index >= 15 is 0 Å². The fourth-order valence-electron chi connectivity index (χ4n) is 2.15. The summed E-state index contributed by atoms with van der Waals surface area (Å²) < 4.78 is 18.3. The van der Waals surface area contributed by atoms with Gasteiger partial charge in [0.15, 0.2) is 6.61 Å². The minimum atomic E-state index is -0.457. The number of benzene rings is 2. The van der Waals surface area contributed by atoms with Crippen molar-refractivity contribution in [2.75, 3.05) is 11.9 Å². The second-order valence-electron chi connectivity index (χ2n) is 4.86. The molecule has 0 aromatic heterocycles. The third-order valence-corrected chi connectivity index (χ3v) is 3.22. The standard InChI is InChI=1S/C16H13FN2O3/c17-12-3-1-2-11(7-12)16(21)18-8-10-4-5-14-13(6-10)19-15(20)9-22-14/h1-7H,8-9H2,(H,18,21)(H,19,20). The lowest BCUT2D eigenvalue weighted by atomic mass is 10.1. The highest BCUT2D eigenvalue weighted by Gasteiger charge is 2.16. The van der Waals surface area contributed by atoms with Crippen LogP contribution in [0.4, 0.5) is 10.1 Å². The van der Waals surface area contributed by atoms with E-state index in [9.17, 15) is 14.0 Å². The number of anilines is 1.